The summed E-state index contributed by atoms with van der Waals surface area (Å²) >= 11 is 0. The normalized spacial score (nSPS) is 13.2. The smallest absolute Gasteiger partial charge is 0.0101 e. The molecule has 0 aliphatic carbocycles. The molecule has 0 aromatic heterocycles. The van der Waals surface area contributed by atoms with Crippen molar-refractivity contribution in [3.05, 3.63) is 53.1 Å². The third kappa shape index (κ3) is 5.37. The molecule has 2 rings (SSSR count). The fourth-order valence-electron chi connectivity index (χ4n) is 4.90. The predicted octanol–water partition coefficient (Wildman–Crippen LogP) is 9.43. The van der Waals surface area contributed by atoms with Crippen LogP contribution in [-0.4, -0.2) is 10.3 Å². The minimum absolute atomic E-state index is 0.239. The summed E-state index contributed by atoms with van der Waals surface area (Å²) in [6.45, 7) is 28.6. The van der Waals surface area contributed by atoms with Crippen LogP contribution in [0, 0.1) is 0 Å². The summed E-state index contributed by atoms with van der Waals surface area (Å²) in [6.07, 6.45) is 0. The van der Waals surface area contributed by atoms with E-state index in [4.69, 9.17) is 0 Å². The molecule has 0 saturated heterocycles. The first kappa shape index (κ1) is 25.1. The zero-order valence-electron chi connectivity index (χ0n) is 21.6. The van der Waals surface area contributed by atoms with Crippen molar-refractivity contribution in [1.82, 2.24) is 0 Å². The molecule has 0 aliphatic rings. The first-order valence-electron chi connectivity index (χ1n) is 11.7. The van der Waals surface area contributed by atoms with E-state index in [-0.39, 0.29) is 18.2 Å². The van der Waals surface area contributed by atoms with Crippen LogP contribution in [-0.2, 0) is 0 Å². The summed E-state index contributed by atoms with van der Waals surface area (Å²) in [5, 5.41) is 2.07. The van der Waals surface area contributed by atoms with Crippen LogP contribution in [0.4, 0.5) is 0 Å². The van der Waals surface area contributed by atoms with Gasteiger partial charge in [0.15, 0.2) is 0 Å². The second-order valence-corrected chi connectivity index (χ2v) is 15.6. The summed E-state index contributed by atoms with van der Waals surface area (Å²) in [5.41, 5.74) is 7.40. The summed E-state index contributed by atoms with van der Waals surface area (Å²) in [6, 6.07) is 14.3. The van der Waals surface area contributed by atoms with Crippen LogP contribution in [0.1, 0.15) is 118 Å². The Balaban J connectivity index is 3.00. The van der Waals surface area contributed by atoms with Crippen LogP contribution in [0.5, 0.6) is 0 Å². The highest BCUT2D eigenvalue weighted by Crippen LogP contribution is 2.60. The van der Waals surface area contributed by atoms with Crippen molar-refractivity contribution >= 4 is 13.2 Å². The molecule has 0 fully saturated rings. The highest BCUT2D eigenvalue weighted by molar-refractivity contribution is 7.68. The molecular weight excluding hydrogens is 379 g/mol. The van der Waals surface area contributed by atoms with E-state index in [1.165, 1.54) is 27.8 Å². The van der Waals surface area contributed by atoms with Crippen LogP contribution >= 0.6 is 7.92 Å². The van der Waals surface area contributed by atoms with E-state index in [0.717, 1.165) is 0 Å². The first-order chi connectivity index (χ1) is 13.7. The molecule has 166 valence electrons. The Bertz CT molecular complexity index is 817. The summed E-state index contributed by atoms with van der Waals surface area (Å²) in [5.74, 6) is 1.55. The molecular formula is C29H45P. The van der Waals surface area contributed by atoms with E-state index < -0.39 is 0 Å². The average Bonchev–Trinajstić information content (AvgIpc) is 2.58. The second kappa shape index (κ2) is 9.16. The molecule has 1 heteroatoms. The van der Waals surface area contributed by atoms with Crippen molar-refractivity contribution in [2.45, 2.75) is 111 Å². The first-order valence-corrected chi connectivity index (χ1v) is 13.1. The minimum Gasteiger partial charge on any atom is -0.0636 e. The maximum atomic E-state index is 2.56. The molecule has 2 aromatic carbocycles. The molecule has 0 radical (unpaired) electrons. The van der Waals surface area contributed by atoms with Gasteiger partial charge in [-0.05, 0) is 61.2 Å². The Morgan fingerprint density at radius 3 is 1.47 bits per heavy atom. The Morgan fingerprint density at radius 1 is 0.633 bits per heavy atom. The van der Waals surface area contributed by atoms with Crippen molar-refractivity contribution in [2.75, 3.05) is 0 Å². The van der Waals surface area contributed by atoms with Gasteiger partial charge in [-0.2, -0.15) is 0 Å². The van der Waals surface area contributed by atoms with E-state index in [9.17, 15) is 0 Å². The van der Waals surface area contributed by atoms with Gasteiger partial charge in [-0.25, -0.2) is 0 Å². The molecule has 30 heavy (non-hydrogen) atoms. The van der Waals surface area contributed by atoms with Gasteiger partial charge in [-0.15, -0.1) is 0 Å². The van der Waals surface area contributed by atoms with E-state index in [0.29, 0.717) is 17.8 Å². The van der Waals surface area contributed by atoms with Crippen molar-refractivity contribution < 1.29 is 0 Å². The lowest BCUT2D eigenvalue weighted by atomic mass is 9.84. The van der Waals surface area contributed by atoms with Crippen LogP contribution < -0.4 is 5.30 Å². The number of benzene rings is 2. The molecule has 0 bridgehead atoms. The average molecular weight is 425 g/mol. The summed E-state index contributed by atoms with van der Waals surface area (Å²) in [4.78, 5) is 0. The van der Waals surface area contributed by atoms with Gasteiger partial charge in [0.1, 0.15) is 0 Å². The minimum atomic E-state index is -0.387. The highest BCUT2D eigenvalue weighted by Gasteiger charge is 2.37. The van der Waals surface area contributed by atoms with Crippen LogP contribution in [0.3, 0.4) is 0 Å². The zero-order chi connectivity index (χ0) is 23.0. The maximum Gasteiger partial charge on any atom is -0.0101 e. The van der Waals surface area contributed by atoms with E-state index in [2.05, 4.69) is 119 Å². The Morgan fingerprint density at radius 2 is 1.10 bits per heavy atom. The van der Waals surface area contributed by atoms with Crippen LogP contribution in [0.15, 0.2) is 36.4 Å². The lowest BCUT2D eigenvalue weighted by Gasteiger charge is -2.43. The fourth-order valence-corrected chi connectivity index (χ4v) is 9.06. The third-order valence-corrected chi connectivity index (χ3v) is 9.45. The van der Waals surface area contributed by atoms with Crippen molar-refractivity contribution in [3.8, 4) is 11.1 Å². The lowest BCUT2D eigenvalue weighted by Crippen LogP contribution is -2.32. The van der Waals surface area contributed by atoms with Gasteiger partial charge in [-0.1, -0.05) is 127 Å². The van der Waals surface area contributed by atoms with Crippen molar-refractivity contribution in [2.24, 2.45) is 0 Å². The van der Waals surface area contributed by atoms with Gasteiger partial charge in [0.2, 0.25) is 0 Å². The molecule has 0 spiro atoms. The lowest BCUT2D eigenvalue weighted by molar-refractivity contribution is 0.714. The maximum absolute atomic E-state index is 2.56. The van der Waals surface area contributed by atoms with Gasteiger partial charge < -0.3 is 0 Å². The molecule has 0 aliphatic heterocycles. The van der Waals surface area contributed by atoms with Gasteiger partial charge in [0.25, 0.3) is 0 Å². The van der Waals surface area contributed by atoms with Crippen LogP contribution in [0.2, 0.25) is 0 Å². The topological polar surface area (TPSA) is 0 Å². The van der Waals surface area contributed by atoms with Gasteiger partial charge in [0, 0.05) is 0 Å². The summed E-state index contributed by atoms with van der Waals surface area (Å²) < 4.78 is 0. The SMILES string of the molecule is CC(C)c1ccc(-c2c(C(C)C)cccc2C(C)C)c(P(C(C)(C)C)C(C)(C)C)c1. The number of hydrogen-bond donors (Lipinski definition) is 0. The molecule has 0 saturated carbocycles. The van der Waals surface area contributed by atoms with E-state index in [1.54, 1.807) is 5.30 Å². The quantitative estimate of drug-likeness (QED) is 0.419. The van der Waals surface area contributed by atoms with E-state index in [1.807, 2.05) is 0 Å². The Labute approximate surface area is 188 Å². The predicted molar refractivity (Wildman–Crippen MR) is 140 cm³/mol. The molecule has 0 unspecified atom stereocenters. The second-order valence-electron chi connectivity index (χ2n) is 11.7. The van der Waals surface area contributed by atoms with Crippen molar-refractivity contribution in [3.63, 3.8) is 0 Å². The van der Waals surface area contributed by atoms with Crippen molar-refractivity contribution in [1.29, 1.82) is 0 Å². The van der Waals surface area contributed by atoms with Gasteiger partial charge >= 0.3 is 0 Å². The molecule has 0 amide bonds. The molecule has 0 heterocycles. The molecule has 0 nitrogen and oxygen atoms in total. The van der Waals surface area contributed by atoms with Gasteiger partial charge in [0.05, 0.1) is 0 Å². The number of rotatable bonds is 5. The molecule has 2 aromatic rings. The molecule has 0 N–H and O–H groups in total. The van der Waals surface area contributed by atoms with E-state index >= 15 is 0 Å². The third-order valence-electron chi connectivity index (χ3n) is 5.91. The van der Waals surface area contributed by atoms with Crippen LogP contribution in [0.25, 0.3) is 11.1 Å². The highest BCUT2D eigenvalue weighted by atomic mass is 31.1. The van der Waals surface area contributed by atoms with Gasteiger partial charge in [-0.3, -0.25) is 0 Å². The zero-order valence-corrected chi connectivity index (χ0v) is 22.5. The fraction of sp³-hybridized carbons (Fsp3) is 0.586. The Kier molecular flexibility index (Phi) is 7.67. The molecule has 0 atom stereocenters. The standard InChI is InChI=1S/C29H45P/c1-19(2)22-16-17-25(26(18-22)30(28(7,8)9)29(10,11)12)27-23(20(3)4)14-13-15-24(27)21(5)6/h13-21H,1-12H3. The Hall–Kier alpha value is -1.13. The summed E-state index contributed by atoms with van der Waals surface area (Å²) in [7, 11) is -0.387. The monoisotopic (exact) mass is 424 g/mol. The largest absolute Gasteiger partial charge is 0.0636 e. The number of hydrogen-bond acceptors (Lipinski definition) is 0.